The van der Waals surface area contributed by atoms with Crippen LogP contribution in [0.4, 0.5) is 0 Å². The van der Waals surface area contributed by atoms with Crippen molar-refractivity contribution < 1.29 is 9.53 Å². The third-order valence-corrected chi connectivity index (χ3v) is 4.52. The number of guanidine groups is 1. The summed E-state index contributed by atoms with van der Waals surface area (Å²) in [6.45, 7) is 7.02. The molecule has 0 bridgehead atoms. The molecule has 0 aliphatic heterocycles. The number of ether oxygens (including phenoxy) is 1. The van der Waals surface area contributed by atoms with E-state index in [0.717, 1.165) is 43.2 Å². The number of carbonyl (C=O) groups is 1. The summed E-state index contributed by atoms with van der Waals surface area (Å²) in [6, 6.07) is 15.7. The maximum atomic E-state index is 12.0. The molecule has 0 aromatic heterocycles. The van der Waals surface area contributed by atoms with E-state index >= 15 is 0 Å². The highest BCUT2D eigenvalue weighted by Crippen LogP contribution is 2.11. The first kappa shape index (κ1) is 23.3. The Kier molecular flexibility index (Phi) is 9.71. The maximum absolute atomic E-state index is 12.0. The van der Waals surface area contributed by atoms with Gasteiger partial charge in [-0.3, -0.25) is 4.79 Å². The van der Waals surface area contributed by atoms with Gasteiger partial charge < -0.3 is 20.3 Å². The molecular formula is C24H34N4O2. The molecule has 0 atom stereocenters. The fourth-order valence-electron chi connectivity index (χ4n) is 2.78. The summed E-state index contributed by atoms with van der Waals surface area (Å²) in [5.41, 5.74) is 2.99. The van der Waals surface area contributed by atoms with Gasteiger partial charge in [-0.15, -0.1) is 0 Å². The van der Waals surface area contributed by atoms with Crippen molar-refractivity contribution in [3.8, 4) is 5.75 Å². The molecule has 162 valence electrons. The highest BCUT2D eigenvalue weighted by Gasteiger charge is 2.07. The molecule has 1 amide bonds. The van der Waals surface area contributed by atoms with Gasteiger partial charge in [-0.2, -0.15) is 0 Å². The molecule has 0 fully saturated rings. The van der Waals surface area contributed by atoms with E-state index in [1.807, 2.05) is 43.3 Å². The number of hydrogen-bond donors (Lipinski definition) is 2. The number of benzene rings is 2. The third kappa shape index (κ3) is 8.15. The van der Waals surface area contributed by atoms with Crippen LogP contribution in [-0.2, 0) is 6.54 Å². The Bertz CT molecular complexity index is 799. The second-order valence-electron chi connectivity index (χ2n) is 7.39. The molecule has 30 heavy (non-hydrogen) atoms. The Morgan fingerprint density at radius 2 is 1.70 bits per heavy atom. The van der Waals surface area contributed by atoms with Gasteiger partial charge in [0.1, 0.15) is 5.75 Å². The number of nitrogens with zero attached hydrogens (tertiary/aromatic N) is 2. The minimum Gasteiger partial charge on any atom is -0.494 e. The van der Waals surface area contributed by atoms with Crippen LogP contribution >= 0.6 is 0 Å². The van der Waals surface area contributed by atoms with Gasteiger partial charge in [-0.25, -0.2) is 4.99 Å². The van der Waals surface area contributed by atoms with Crippen LogP contribution in [0.25, 0.3) is 0 Å². The monoisotopic (exact) mass is 410 g/mol. The average Bonchev–Trinajstić information content (AvgIpc) is 2.75. The molecule has 0 spiro atoms. The molecule has 0 aliphatic rings. The molecule has 2 aromatic carbocycles. The summed E-state index contributed by atoms with van der Waals surface area (Å²) >= 11 is 0. The van der Waals surface area contributed by atoms with Gasteiger partial charge in [0, 0.05) is 32.7 Å². The van der Waals surface area contributed by atoms with E-state index in [9.17, 15) is 4.79 Å². The molecule has 0 radical (unpaired) electrons. The normalized spacial score (nSPS) is 11.1. The Balaban J connectivity index is 1.73. The fourth-order valence-corrected chi connectivity index (χ4v) is 2.78. The summed E-state index contributed by atoms with van der Waals surface area (Å²) in [7, 11) is 3.51. The van der Waals surface area contributed by atoms with Crippen LogP contribution in [0, 0.1) is 6.92 Å². The van der Waals surface area contributed by atoms with Crippen LogP contribution in [0.3, 0.4) is 0 Å². The lowest BCUT2D eigenvalue weighted by molar-refractivity contribution is 0.0827. The number of aryl methyl sites for hydroxylation is 1. The number of nitrogens with one attached hydrogen (secondary N) is 2. The number of carbonyl (C=O) groups excluding carboxylic acids is 1. The van der Waals surface area contributed by atoms with E-state index in [1.165, 1.54) is 5.56 Å². The van der Waals surface area contributed by atoms with E-state index < -0.39 is 0 Å². The second-order valence-corrected chi connectivity index (χ2v) is 7.39. The van der Waals surface area contributed by atoms with Gasteiger partial charge in [0.25, 0.3) is 5.91 Å². The summed E-state index contributed by atoms with van der Waals surface area (Å²) < 4.78 is 5.76. The van der Waals surface area contributed by atoms with Crippen LogP contribution < -0.4 is 15.4 Å². The molecule has 0 heterocycles. The highest BCUT2D eigenvalue weighted by atomic mass is 16.5. The molecule has 6 heteroatoms. The van der Waals surface area contributed by atoms with Gasteiger partial charge in [0.15, 0.2) is 5.96 Å². The standard InChI is InChI=1S/C24H34N4O2/c1-5-25-24(26-16-6-7-17-30-22-14-8-19(2)9-15-22)27-18-20-10-12-21(13-11-20)23(29)28(3)4/h8-15H,5-7,16-18H2,1-4H3,(H2,25,26,27). The van der Waals surface area contributed by atoms with Crippen LogP contribution in [0.2, 0.25) is 0 Å². The highest BCUT2D eigenvalue weighted by molar-refractivity contribution is 5.93. The smallest absolute Gasteiger partial charge is 0.253 e. The maximum Gasteiger partial charge on any atom is 0.253 e. The number of hydrogen-bond acceptors (Lipinski definition) is 3. The Hall–Kier alpha value is -3.02. The summed E-state index contributed by atoms with van der Waals surface area (Å²) in [6.07, 6.45) is 1.97. The zero-order valence-electron chi connectivity index (χ0n) is 18.6. The first-order chi connectivity index (χ1) is 14.5. The molecule has 0 saturated carbocycles. The molecular weight excluding hydrogens is 376 g/mol. The van der Waals surface area contributed by atoms with Crippen LogP contribution in [0.5, 0.6) is 5.75 Å². The minimum absolute atomic E-state index is 0.00594. The Labute approximate surface area is 180 Å². The lowest BCUT2D eigenvalue weighted by atomic mass is 10.1. The third-order valence-electron chi connectivity index (χ3n) is 4.52. The predicted molar refractivity (Wildman–Crippen MR) is 123 cm³/mol. The van der Waals surface area contributed by atoms with Crippen molar-refractivity contribution in [1.29, 1.82) is 0 Å². The number of rotatable bonds is 10. The zero-order valence-corrected chi connectivity index (χ0v) is 18.6. The number of unbranched alkanes of at least 4 members (excludes halogenated alkanes) is 1. The van der Waals surface area contributed by atoms with E-state index in [0.29, 0.717) is 18.7 Å². The summed E-state index contributed by atoms with van der Waals surface area (Å²) in [5, 5.41) is 6.63. The molecule has 0 unspecified atom stereocenters. The molecule has 6 nitrogen and oxygen atoms in total. The van der Waals surface area contributed by atoms with Gasteiger partial charge in [-0.05, 0) is 56.5 Å². The number of aliphatic imine (C=N–C) groups is 1. The minimum atomic E-state index is 0.00594. The van der Waals surface area contributed by atoms with E-state index in [4.69, 9.17) is 4.74 Å². The quantitative estimate of drug-likeness (QED) is 0.357. The van der Waals surface area contributed by atoms with Crippen molar-refractivity contribution in [2.75, 3.05) is 33.8 Å². The topological polar surface area (TPSA) is 66.0 Å². The molecule has 2 N–H and O–H groups in total. The summed E-state index contributed by atoms with van der Waals surface area (Å²) in [5.74, 6) is 1.72. The van der Waals surface area contributed by atoms with Crippen molar-refractivity contribution in [2.45, 2.75) is 33.2 Å². The van der Waals surface area contributed by atoms with Gasteiger partial charge >= 0.3 is 0 Å². The fraction of sp³-hybridized carbons (Fsp3) is 0.417. The van der Waals surface area contributed by atoms with Crippen molar-refractivity contribution in [1.82, 2.24) is 15.5 Å². The summed E-state index contributed by atoms with van der Waals surface area (Å²) in [4.78, 5) is 18.2. The second kappa shape index (κ2) is 12.5. The Morgan fingerprint density at radius 3 is 2.33 bits per heavy atom. The van der Waals surface area contributed by atoms with Crippen LogP contribution in [0.15, 0.2) is 53.5 Å². The SMILES string of the molecule is CCNC(=NCc1ccc(C(=O)N(C)C)cc1)NCCCCOc1ccc(C)cc1. The van der Waals surface area contributed by atoms with Crippen molar-refractivity contribution in [3.63, 3.8) is 0 Å². The van der Waals surface area contributed by atoms with Crippen LogP contribution in [-0.4, -0.2) is 50.6 Å². The Morgan fingerprint density at radius 1 is 1.00 bits per heavy atom. The average molecular weight is 411 g/mol. The first-order valence-corrected chi connectivity index (χ1v) is 10.5. The first-order valence-electron chi connectivity index (χ1n) is 10.5. The lowest BCUT2D eigenvalue weighted by Gasteiger charge is -2.12. The zero-order chi connectivity index (χ0) is 21.8. The van der Waals surface area contributed by atoms with Crippen molar-refractivity contribution in [3.05, 3.63) is 65.2 Å². The van der Waals surface area contributed by atoms with E-state index in [1.54, 1.807) is 19.0 Å². The van der Waals surface area contributed by atoms with E-state index in [-0.39, 0.29) is 5.91 Å². The van der Waals surface area contributed by atoms with Gasteiger partial charge in [-0.1, -0.05) is 29.8 Å². The predicted octanol–water partition coefficient (Wildman–Crippen LogP) is 3.61. The van der Waals surface area contributed by atoms with Crippen molar-refractivity contribution in [2.24, 2.45) is 4.99 Å². The molecule has 2 rings (SSSR count). The van der Waals surface area contributed by atoms with Gasteiger partial charge in [0.2, 0.25) is 0 Å². The number of amides is 1. The van der Waals surface area contributed by atoms with E-state index in [2.05, 4.69) is 34.7 Å². The molecule has 0 saturated heterocycles. The largest absolute Gasteiger partial charge is 0.494 e. The molecule has 2 aromatic rings. The van der Waals surface area contributed by atoms with Crippen molar-refractivity contribution >= 4 is 11.9 Å². The molecule has 0 aliphatic carbocycles. The van der Waals surface area contributed by atoms with Gasteiger partial charge in [0.05, 0.1) is 13.2 Å². The van der Waals surface area contributed by atoms with Crippen LogP contribution in [0.1, 0.15) is 41.3 Å². The lowest BCUT2D eigenvalue weighted by Crippen LogP contribution is -2.37.